The molecule has 7 nitrogen and oxygen atoms in total. The Balaban J connectivity index is 1.59. The van der Waals surface area contributed by atoms with Crippen LogP contribution in [0.15, 0.2) is 59.5 Å². The first-order valence-corrected chi connectivity index (χ1v) is 9.08. The molecule has 0 radical (unpaired) electrons. The molecule has 27 heavy (non-hydrogen) atoms. The average Bonchev–Trinajstić information content (AvgIpc) is 2.69. The predicted octanol–water partition coefficient (Wildman–Crippen LogP) is 3.06. The molecule has 3 aromatic rings. The number of benzene rings is 1. The van der Waals surface area contributed by atoms with E-state index in [4.69, 9.17) is 0 Å². The van der Waals surface area contributed by atoms with Crippen molar-refractivity contribution in [1.29, 1.82) is 0 Å². The van der Waals surface area contributed by atoms with Crippen molar-refractivity contribution in [3.63, 3.8) is 0 Å². The second-order valence-corrected chi connectivity index (χ2v) is 6.90. The molecule has 1 aliphatic heterocycles. The summed E-state index contributed by atoms with van der Waals surface area (Å²) in [6.07, 6.45) is 4.35. The molecule has 2 aromatic heterocycles. The Hall–Kier alpha value is -3.22. The van der Waals surface area contributed by atoms with Crippen molar-refractivity contribution in [2.45, 2.75) is 19.3 Å². The summed E-state index contributed by atoms with van der Waals surface area (Å²) in [4.78, 5) is 29.9. The van der Waals surface area contributed by atoms with Gasteiger partial charge in [0.25, 0.3) is 0 Å². The minimum atomic E-state index is -0.632. The predicted molar refractivity (Wildman–Crippen MR) is 103 cm³/mol. The SMILES string of the molecule is O=c1c([N+](=O)[O-])c(N2CCC(Cc3ccccc3)CC2)nc2ccccn12. The lowest BCUT2D eigenvalue weighted by Crippen LogP contribution is -2.36. The molecule has 1 aromatic carbocycles. The third kappa shape index (κ3) is 3.40. The number of fused-ring (bicyclic) bond motifs is 1. The van der Waals surface area contributed by atoms with Gasteiger partial charge in [0, 0.05) is 19.3 Å². The Kier molecular flexibility index (Phi) is 4.58. The first kappa shape index (κ1) is 17.2. The fraction of sp³-hybridized carbons (Fsp3) is 0.300. The summed E-state index contributed by atoms with van der Waals surface area (Å²) >= 11 is 0. The molecule has 0 unspecified atom stereocenters. The monoisotopic (exact) mass is 364 g/mol. The standard InChI is InChI=1S/C20H20N4O3/c25-20-18(24(26)27)19(21-17-8-4-5-11-23(17)20)22-12-9-16(10-13-22)14-15-6-2-1-3-7-15/h1-8,11,16H,9-10,12-14H2. The second-order valence-electron chi connectivity index (χ2n) is 6.90. The molecule has 0 atom stereocenters. The molecular weight excluding hydrogens is 344 g/mol. The maximum Gasteiger partial charge on any atom is 0.376 e. The number of pyridine rings is 1. The molecule has 1 fully saturated rings. The zero-order valence-corrected chi connectivity index (χ0v) is 14.8. The van der Waals surface area contributed by atoms with E-state index in [1.807, 2.05) is 23.1 Å². The minimum Gasteiger partial charge on any atom is -0.351 e. The zero-order valence-electron chi connectivity index (χ0n) is 14.8. The normalized spacial score (nSPS) is 15.2. The minimum absolute atomic E-state index is 0.189. The van der Waals surface area contributed by atoms with Crippen LogP contribution in [0.5, 0.6) is 0 Å². The number of aromatic nitrogens is 2. The summed E-state index contributed by atoms with van der Waals surface area (Å²) in [6, 6.07) is 15.5. The summed E-state index contributed by atoms with van der Waals surface area (Å²) in [6.45, 7) is 1.32. The molecule has 4 rings (SSSR count). The van der Waals surface area contributed by atoms with Crippen molar-refractivity contribution >= 4 is 17.2 Å². The average molecular weight is 364 g/mol. The third-order valence-corrected chi connectivity index (χ3v) is 5.16. The fourth-order valence-corrected chi connectivity index (χ4v) is 3.74. The van der Waals surface area contributed by atoms with Crippen LogP contribution >= 0.6 is 0 Å². The molecule has 0 aliphatic carbocycles. The van der Waals surface area contributed by atoms with Crippen molar-refractivity contribution in [3.05, 3.63) is 80.8 Å². The second kappa shape index (κ2) is 7.19. The molecule has 1 aliphatic rings. The number of nitrogens with zero attached hydrogens (tertiary/aromatic N) is 4. The van der Waals surface area contributed by atoms with Gasteiger partial charge in [0.2, 0.25) is 5.82 Å². The van der Waals surface area contributed by atoms with Gasteiger partial charge >= 0.3 is 11.2 Å². The van der Waals surface area contributed by atoms with Gasteiger partial charge in [0.15, 0.2) is 0 Å². The zero-order chi connectivity index (χ0) is 18.8. The van der Waals surface area contributed by atoms with Crippen LogP contribution in [-0.4, -0.2) is 27.4 Å². The van der Waals surface area contributed by atoms with Crippen LogP contribution in [0.4, 0.5) is 11.5 Å². The number of piperidine rings is 1. The molecular formula is C20H20N4O3. The highest BCUT2D eigenvalue weighted by Gasteiger charge is 2.30. The van der Waals surface area contributed by atoms with E-state index in [0.717, 1.165) is 19.3 Å². The summed E-state index contributed by atoms with van der Waals surface area (Å²) in [5.74, 6) is 0.721. The largest absolute Gasteiger partial charge is 0.376 e. The van der Waals surface area contributed by atoms with Gasteiger partial charge in [-0.3, -0.25) is 19.3 Å². The van der Waals surface area contributed by atoms with E-state index in [2.05, 4.69) is 17.1 Å². The van der Waals surface area contributed by atoms with Crippen molar-refractivity contribution in [2.75, 3.05) is 18.0 Å². The van der Waals surface area contributed by atoms with E-state index in [0.29, 0.717) is 24.7 Å². The van der Waals surface area contributed by atoms with Gasteiger partial charge in [-0.25, -0.2) is 4.98 Å². The number of hydrogen-bond donors (Lipinski definition) is 0. The molecule has 0 saturated carbocycles. The highest BCUT2D eigenvalue weighted by Crippen LogP contribution is 2.29. The van der Waals surface area contributed by atoms with Crippen LogP contribution in [0.25, 0.3) is 5.65 Å². The summed E-state index contributed by atoms with van der Waals surface area (Å²) in [5.41, 5.74) is 0.658. The number of nitro groups is 1. The smallest absolute Gasteiger partial charge is 0.351 e. The Morgan fingerprint density at radius 3 is 2.48 bits per heavy atom. The van der Waals surface area contributed by atoms with Gasteiger partial charge in [0.1, 0.15) is 5.65 Å². The van der Waals surface area contributed by atoms with E-state index < -0.39 is 16.2 Å². The van der Waals surface area contributed by atoms with Gasteiger partial charge in [0.05, 0.1) is 4.92 Å². The van der Waals surface area contributed by atoms with E-state index in [1.165, 1.54) is 16.2 Å². The quantitative estimate of drug-likeness (QED) is 0.525. The van der Waals surface area contributed by atoms with Gasteiger partial charge < -0.3 is 4.90 Å². The molecule has 0 spiro atoms. The summed E-state index contributed by atoms with van der Waals surface area (Å²) in [5, 5.41) is 11.6. The molecule has 7 heteroatoms. The van der Waals surface area contributed by atoms with E-state index in [9.17, 15) is 14.9 Å². The highest BCUT2D eigenvalue weighted by molar-refractivity contribution is 5.61. The van der Waals surface area contributed by atoms with Crippen LogP contribution in [0.2, 0.25) is 0 Å². The van der Waals surface area contributed by atoms with Crippen molar-refractivity contribution in [3.8, 4) is 0 Å². The summed E-state index contributed by atoms with van der Waals surface area (Å²) < 4.78 is 1.23. The summed E-state index contributed by atoms with van der Waals surface area (Å²) in [7, 11) is 0. The Bertz CT molecular complexity index is 1020. The first-order chi connectivity index (χ1) is 13.1. The van der Waals surface area contributed by atoms with Gasteiger partial charge in [-0.2, -0.15) is 0 Å². The molecule has 3 heterocycles. The van der Waals surface area contributed by atoms with Crippen LogP contribution in [0, 0.1) is 16.0 Å². The van der Waals surface area contributed by atoms with Crippen LogP contribution in [0.1, 0.15) is 18.4 Å². The molecule has 0 bridgehead atoms. The Morgan fingerprint density at radius 1 is 1.07 bits per heavy atom. The fourth-order valence-electron chi connectivity index (χ4n) is 3.74. The van der Waals surface area contributed by atoms with Crippen molar-refractivity contribution in [2.24, 2.45) is 5.92 Å². The molecule has 1 saturated heterocycles. The van der Waals surface area contributed by atoms with Crippen LogP contribution in [0.3, 0.4) is 0 Å². The molecule has 138 valence electrons. The van der Waals surface area contributed by atoms with E-state index >= 15 is 0 Å². The highest BCUT2D eigenvalue weighted by atomic mass is 16.6. The van der Waals surface area contributed by atoms with Crippen molar-refractivity contribution < 1.29 is 4.92 Å². The lowest BCUT2D eigenvalue weighted by Gasteiger charge is -2.32. The van der Waals surface area contributed by atoms with Gasteiger partial charge in [-0.1, -0.05) is 36.4 Å². The lowest BCUT2D eigenvalue weighted by atomic mass is 9.90. The van der Waals surface area contributed by atoms with Gasteiger partial charge in [-0.15, -0.1) is 0 Å². The number of rotatable bonds is 4. The topological polar surface area (TPSA) is 80.8 Å². The Labute approximate surface area is 156 Å². The maximum atomic E-state index is 12.6. The van der Waals surface area contributed by atoms with Crippen LogP contribution in [-0.2, 0) is 6.42 Å². The molecule has 0 N–H and O–H groups in total. The lowest BCUT2D eigenvalue weighted by molar-refractivity contribution is -0.385. The van der Waals surface area contributed by atoms with E-state index in [-0.39, 0.29) is 5.82 Å². The molecule has 0 amide bonds. The van der Waals surface area contributed by atoms with E-state index in [1.54, 1.807) is 18.2 Å². The Morgan fingerprint density at radius 2 is 1.78 bits per heavy atom. The van der Waals surface area contributed by atoms with Crippen molar-refractivity contribution in [1.82, 2.24) is 9.38 Å². The van der Waals surface area contributed by atoms with Crippen LogP contribution < -0.4 is 10.5 Å². The maximum absolute atomic E-state index is 12.6. The number of anilines is 1. The van der Waals surface area contributed by atoms with Gasteiger partial charge in [-0.05, 0) is 42.9 Å². The third-order valence-electron chi connectivity index (χ3n) is 5.16. The number of hydrogen-bond acceptors (Lipinski definition) is 5. The first-order valence-electron chi connectivity index (χ1n) is 9.08.